The predicted octanol–water partition coefficient (Wildman–Crippen LogP) is 6.25. The number of rotatable bonds is 11. The Balaban J connectivity index is 1.23. The highest BCUT2D eigenvalue weighted by molar-refractivity contribution is 7.91. The molecule has 5 rings (SSSR count). The van der Waals surface area contributed by atoms with E-state index in [1.54, 1.807) is 0 Å². The Morgan fingerprint density at radius 3 is 2.16 bits per heavy atom. The molecule has 1 heterocycles. The quantitative estimate of drug-likeness (QED) is 0.274. The van der Waals surface area contributed by atoms with Crippen molar-refractivity contribution >= 4 is 9.84 Å². The third kappa shape index (κ3) is 6.91. The molecular weight excluding hydrogens is 594 g/mol. The van der Waals surface area contributed by atoms with E-state index in [1.807, 2.05) is 6.92 Å². The summed E-state index contributed by atoms with van der Waals surface area (Å²) in [6, 6.07) is 1.01. The second-order valence-corrected chi connectivity index (χ2v) is 19.6. The maximum Gasteiger partial charge on any atom is 0.274 e. The van der Waals surface area contributed by atoms with Crippen LogP contribution in [0.2, 0.25) is 0 Å². The number of fused-ring (bicyclic) bond motifs is 5. The molecule has 0 aromatic heterocycles. The molecule has 0 radical (unpaired) electrons. The maximum absolute atomic E-state index is 14.9. The molecule has 1 aliphatic heterocycles. The lowest BCUT2D eigenvalue weighted by Gasteiger charge is -2.63. The SMILES string of the molecule is CC(CCCN(CCN(C(C)C)C(C)C)C1CCS(=O)(=O)C1)[C@H]1CC[C@H]2[C@@H]3[C@@H](O)C[C@@H]4C[C@@H](O)C(F)(F)C[C@]4(C)[C@H]3CC[C@]12C. The van der Waals surface area contributed by atoms with E-state index < -0.39 is 33.4 Å². The van der Waals surface area contributed by atoms with Crippen LogP contribution in [0.5, 0.6) is 0 Å². The van der Waals surface area contributed by atoms with Gasteiger partial charge in [0.25, 0.3) is 5.92 Å². The lowest BCUT2D eigenvalue weighted by atomic mass is 9.43. The van der Waals surface area contributed by atoms with E-state index >= 15 is 0 Å². The molecule has 0 aromatic rings. The largest absolute Gasteiger partial charge is 0.393 e. The summed E-state index contributed by atoms with van der Waals surface area (Å²) < 4.78 is 54.6. The summed E-state index contributed by atoms with van der Waals surface area (Å²) in [6.45, 7) is 18.6. The van der Waals surface area contributed by atoms with Crippen molar-refractivity contribution in [3.63, 3.8) is 0 Å². The number of alkyl halides is 2. The highest BCUT2D eigenvalue weighted by atomic mass is 32.2. The maximum atomic E-state index is 14.9. The predicted molar refractivity (Wildman–Crippen MR) is 177 cm³/mol. The Morgan fingerprint density at radius 2 is 1.53 bits per heavy atom. The standard InChI is InChI=1S/C36H64F2N2O4S/c1-23(2)40(24(3)4)17-16-39(27-13-18-45(43,44)21-27)15-8-9-25(5)28-10-11-29-33-30(12-14-34(28,29)6)35(7)22-36(37,38)32(42)20-26(35)19-31(33)41/h23-33,41-42H,8-22H2,1-7H3/t25?,26-,27?,28-,29+,30+,31+,32-,33+,34-,35+/m1/s1. The monoisotopic (exact) mass is 658 g/mol. The molecule has 45 heavy (non-hydrogen) atoms. The minimum atomic E-state index is -3.05. The van der Waals surface area contributed by atoms with Gasteiger partial charge in [0.15, 0.2) is 9.84 Å². The van der Waals surface area contributed by atoms with Crippen LogP contribution in [-0.4, -0.2) is 95.8 Å². The van der Waals surface area contributed by atoms with Gasteiger partial charge in [-0.05, 0) is 138 Å². The van der Waals surface area contributed by atoms with E-state index in [4.69, 9.17) is 0 Å². The minimum Gasteiger partial charge on any atom is -0.393 e. The number of aliphatic hydroxyl groups is 2. The molecular formula is C36H64F2N2O4S. The summed E-state index contributed by atoms with van der Waals surface area (Å²) in [6.07, 6.45) is 5.32. The Bertz CT molecular complexity index is 1130. The van der Waals surface area contributed by atoms with Gasteiger partial charge in [0.1, 0.15) is 6.10 Å². The average molecular weight is 659 g/mol. The van der Waals surface area contributed by atoms with E-state index in [1.165, 1.54) is 0 Å². The van der Waals surface area contributed by atoms with Crippen LogP contribution < -0.4 is 0 Å². The average Bonchev–Trinajstić information content (AvgIpc) is 3.47. The van der Waals surface area contributed by atoms with Crippen LogP contribution in [0.25, 0.3) is 0 Å². The zero-order valence-corrected chi connectivity index (χ0v) is 30.0. The van der Waals surface area contributed by atoms with Gasteiger partial charge >= 0.3 is 0 Å². The fourth-order valence-corrected chi connectivity index (χ4v) is 13.7. The van der Waals surface area contributed by atoms with Gasteiger partial charge in [0, 0.05) is 37.6 Å². The minimum absolute atomic E-state index is 0.0465. The highest BCUT2D eigenvalue weighted by Gasteiger charge is 2.66. The van der Waals surface area contributed by atoms with Crippen molar-refractivity contribution in [2.24, 2.45) is 46.3 Å². The van der Waals surface area contributed by atoms with Crippen molar-refractivity contribution in [1.82, 2.24) is 9.80 Å². The van der Waals surface area contributed by atoms with Crippen molar-refractivity contribution in [2.75, 3.05) is 31.1 Å². The lowest BCUT2D eigenvalue weighted by molar-refractivity contribution is -0.236. The van der Waals surface area contributed by atoms with Crippen LogP contribution in [0.3, 0.4) is 0 Å². The summed E-state index contributed by atoms with van der Waals surface area (Å²) in [5, 5.41) is 21.7. The van der Waals surface area contributed by atoms with Crippen LogP contribution in [0.1, 0.15) is 113 Å². The van der Waals surface area contributed by atoms with Crippen molar-refractivity contribution in [1.29, 1.82) is 0 Å². The Hall–Kier alpha value is -0.350. The Labute approximate surface area is 273 Å². The Kier molecular flexibility index (Phi) is 10.5. The summed E-state index contributed by atoms with van der Waals surface area (Å²) in [4.78, 5) is 4.96. The number of hydrogen-bond donors (Lipinski definition) is 2. The summed E-state index contributed by atoms with van der Waals surface area (Å²) in [7, 11) is -2.95. The van der Waals surface area contributed by atoms with Gasteiger partial charge in [-0.15, -0.1) is 0 Å². The topological polar surface area (TPSA) is 81.1 Å². The first-order chi connectivity index (χ1) is 20.9. The molecule has 262 valence electrons. The molecule has 5 aliphatic rings. The zero-order valence-electron chi connectivity index (χ0n) is 29.2. The molecule has 0 amide bonds. The highest BCUT2D eigenvalue weighted by Crippen LogP contribution is 2.69. The van der Waals surface area contributed by atoms with Crippen molar-refractivity contribution in [3.05, 3.63) is 0 Å². The smallest absolute Gasteiger partial charge is 0.274 e. The van der Waals surface area contributed by atoms with Crippen LogP contribution in [0.15, 0.2) is 0 Å². The van der Waals surface area contributed by atoms with Gasteiger partial charge in [-0.25, -0.2) is 17.2 Å². The van der Waals surface area contributed by atoms with Gasteiger partial charge < -0.3 is 10.2 Å². The molecule has 1 saturated heterocycles. The molecule has 0 spiro atoms. The molecule has 0 bridgehead atoms. The third-order valence-corrected chi connectivity index (χ3v) is 16.0. The molecule has 5 fully saturated rings. The number of nitrogens with zero attached hydrogens (tertiary/aromatic N) is 2. The number of sulfone groups is 1. The molecule has 4 saturated carbocycles. The molecule has 11 atom stereocenters. The van der Waals surface area contributed by atoms with E-state index in [0.717, 1.165) is 64.6 Å². The van der Waals surface area contributed by atoms with E-state index in [9.17, 15) is 27.4 Å². The van der Waals surface area contributed by atoms with Gasteiger partial charge in [0.05, 0.1) is 17.6 Å². The Morgan fingerprint density at radius 1 is 0.867 bits per heavy atom. The van der Waals surface area contributed by atoms with Gasteiger partial charge in [0.2, 0.25) is 0 Å². The van der Waals surface area contributed by atoms with E-state index in [-0.39, 0.29) is 47.8 Å². The molecule has 6 nitrogen and oxygen atoms in total. The zero-order chi connectivity index (χ0) is 33.1. The van der Waals surface area contributed by atoms with Crippen LogP contribution in [0.4, 0.5) is 8.78 Å². The van der Waals surface area contributed by atoms with E-state index in [0.29, 0.717) is 42.0 Å². The second kappa shape index (κ2) is 13.2. The third-order valence-electron chi connectivity index (χ3n) is 14.3. The molecule has 9 heteroatoms. The fourth-order valence-electron chi connectivity index (χ4n) is 11.9. The van der Waals surface area contributed by atoms with Gasteiger partial charge in [-0.3, -0.25) is 9.80 Å². The first kappa shape index (κ1) is 35.9. The van der Waals surface area contributed by atoms with Gasteiger partial charge in [-0.2, -0.15) is 0 Å². The second-order valence-electron chi connectivity index (χ2n) is 17.4. The van der Waals surface area contributed by atoms with Crippen LogP contribution >= 0.6 is 0 Å². The number of hydrogen-bond acceptors (Lipinski definition) is 6. The summed E-state index contributed by atoms with van der Waals surface area (Å²) in [5.41, 5.74) is -0.425. The lowest BCUT2D eigenvalue weighted by Crippen LogP contribution is -2.62. The van der Waals surface area contributed by atoms with Crippen LogP contribution in [0, 0.1) is 46.3 Å². The van der Waals surface area contributed by atoms with Crippen molar-refractivity contribution in [2.45, 2.75) is 149 Å². The van der Waals surface area contributed by atoms with Crippen molar-refractivity contribution < 1.29 is 27.4 Å². The number of halogens is 2. The van der Waals surface area contributed by atoms with E-state index in [2.05, 4.69) is 51.3 Å². The fraction of sp³-hybridized carbons (Fsp3) is 1.00. The molecule has 2 unspecified atom stereocenters. The normalized spacial score (nSPS) is 43.1. The molecule has 0 aromatic carbocycles. The summed E-state index contributed by atoms with van der Waals surface area (Å²) in [5.74, 6) is -0.933. The van der Waals surface area contributed by atoms with Gasteiger partial charge in [-0.1, -0.05) is 20.8 Å². The summed E-state index contributed by atoms with van der Waals surface area (Å²) >= 11 is 0. The first-order valence-electron chi connectivity index (χ1n) is 18.3. The van der Waals surface area contributed by atoms with Crippen molar-refractivity contribution in [3.8, 4) is 0 Å². The molecule has 4 aliphatic carbocycles. The number of aliphatic hydroxyl groups excluding tert-OH is 2. The molecule has 2 N–H and O–H groups in total. The van der Waals surface area contributed by atoms with Crippen LogP contribution in [-0.2, 0) is 9.84 Å². The first-order valence-corrected chi connectivity index (χ1v) is 20.2.